The van der Waals surface area contributed by atoms with Crippen LogP contribution in [0.3, 0.4) is 0 Å². The predicted molar refractivity (Wildman–Crippen MR) is 79.2 cm³/mol. The highest BCUT2D eigenvalue weighted by Gasteiger charge is 2.06. The summed E-state index contributed by atoms with van der Waals surface area (Å²) in [5.41, 5.74) is 2.96. The molecular formula is C15H12BrN3O. The number of benzene rings is 1. The summed E-state index contributed by atoms with van der Waals surface area (Å²) in [6.07, 6.45) is 1.39. The quantitative estimate of drug-likeness (QED) is 0.877. The molecule has 1 aromatic heterocycles. The van der Waals surface area contributed by atoms with Crippen LogP contribution in [0.5, 0.6) is 0 Å². The molecule has 2 rings (SSSR count). The number of carbonyl (C=O) groups excluding carboxylic acids is 1. The first kappa shape index (κ1) is 14.2. The number of amides is 1. The average Bonchev–Trinajstić information content (AvgIpc) is 2.53. The molecule has 0 saturated carbocycles. The van der Waals surface area contributed by atoms with Gasteiger partial charge in [-0.15, -0.1) is 0 Å². The van der Waals surface area contributed by atoms with Crippen LogP contribution in [0, 0.1) is 11.3 Å². The molecule has 5 heteroatoms. The Kier molecular flexibility index (Phi) is 4.85. The Morgan fingerprint density at radius 1 is 1.20 bits per heavy atom. The molecule has 0 unspecified atom stereocenters. The highest BCUT2D eigenvalue weighted by molar-refractivity contribution is 9.08. The summed E-state index contributed by atoms with van der Waals surface area (Å²) in [4.78, 5) is 15.8. The summed E-state index contributed by atoms with van der Waals surface area (Å²) in [6.45, 7) is 0.448. The van der Waals surface area contributed by atoms with E-state index in [-0.39, 0.29) is 5.91 Å². The highest BCUT2D eigenvalue weighted by Crippen LogP contribution is 2.08. The Morgan fingerprint density at radius 2 is 1.90 bits per heavy atom. The summed E-state index contributed by atoms with van der Waals surface area (Å²) in [6, 6.07) is 13.1. The Morgan fingerprint density at radius 3 is 2.45 bits per heavy atom. The monoisotopic (exact) mass is 329 g/mol. The number of nitrogens with zero attached hydrogens (tertiary/aromatic N) is 2. The minimum absolute atomic E-state index is 0.251. The van der Waals surface area contributed by atoms with Gasteiger partial charge in [0.05, 0.1) is 5.56 Å². The Hall–Kier alpha value is -2.19. The van der Waals surface area contributed by atoms with Crippen LogP contribution < -0.4 is 5.32 Å². The zero-order valence-corrected chi connectivity index (χ0v) is 12.2. The normalized spacial score (nSPS) is 9.80. The van der Waals surface area contributed by atoms with Crippen molar-refractivity contribution in [3.05, 3.63) is 65.0 Å². The first-order chi connectivity index (χ1) is 9.72. The maximum Gasteiger partial charge on any atom is 0.270 e. The van der Waals surface area contributed by atoms with Crippen molar-refractivity contribution in [2.24, 2.45) is 0 Å². The second-order valence-electron chi connectivity index (χ2n) is 4.18. The molecule has 100 valence electrons. The Labute approximate surface area is 125 Å². The minimum Gasteiger partial charge on any atom is -0.347 e. The minimum atomic E-state index is -0.251. The van der Waals surface area contributed by atoms with Crippen molar-refractivity contribution in [1.29, 1.82) is 5.26 Å². The first-order valence-corrected chi connectivity index (χ1v) is 7.13. The molecule has 0 fully saturated rings. The van der Waals surface area contributed by atoms with Crippen LogP contribution in [0.2, 0.25) is 0 Å². The van der Waals surface area contributed by atoms with Crippen molar-refractivity contribution in [3.8, 4) is 6.07 Å². The van der Waals surface area contributed by atoms with Gasteiger partial charge in [0.15, 0.2) is 0 Å². The zero-order valence-electron chi connectivity index (χ0n) is 10.6. The summed E-state index contributed by atoms with van der Waals surface area (Å²) >= 11 is 3.39. The fourth-order valence-electron chi connectivity index (χ4n) is 1.61. The van der Waals surface area contributed by atoms with E-state index in [1.165, 1.54) is 11.8 Å². The number of nitrogens with one attached hydrogen (secondary N) is 1. The third kappa shape index (κ3) is 3.65. The standard InChI is InChI=1S/C15H12BrN3O/c16-7-11-1-3-12(4-2-11)9-19-15(20)14-6-5-13(8-17)10-18-14/h1-6,10H,7,9H2,(H,19,20). The maximum atomic E-state index is 11.9. The lowest BCUT2D eigenvalue weighted by molar-refractivity contribution is 0.0946. The summed E-state index contributed by atoms with van der Waals surface area (Å²) in [7, 11) is 0. The molecule has 0 aliphatic carbocycles. The van der Waals surface area contributed by atoms with E-state index in [2.05, 4.69) is 26.2 Å². The lowest BCUT2D eigenvalue weighted by Gasteiger charge is -2.05. The van der Waals surface area contributed by atoms with Gasteiger partial charge in [-0.3, -0.25) is 4.79 Å². The van der Waals surface area contributed by atoms with E-state index in [1.807, 2.05) is 30.3 Å². The Balaban J connectivity index is 1.95. The van der Waals surface area contributed by atoms with Crippen molar-refractivity contribution in [3.63, 3.8) is 0 Å². The first-order valence-electron chi connectivity index (χ1n) is 6.01. The van der Waals surface area contributed by atoms with Crippen LogP contribution in [0.4, 0.5) is 0 Å². The fourth-order valence-corrected chi connectivity index (χ4v) is 1.99. The molecule has 0 radical (unpaired) electrons. The number of hydrogen-bond donors (Lipinski definition) is 1. The molecule has 0 saturated heterocycles. The van der Waals surface area contributed by atoms with E-state index in [4.69, 9.17) is 5.26 Å². The van der Waals surface area contributed by atoms with Crippen molar-refractivity contribution in [1.82, 2.24) is 10.3 Å². The SMILES string of the molecule is N#Cc1ccc(C(=O)NCc2ccc(CBr)cc2)nc1. The summed E-state index contributed by atoms with van der Waals surface area (Å²) in [5.74, 6) is -0.251. The number of nitriles is 1. The number of rotatable bonds is 4. The van der Waals surface area contributed by atoms with Gasteiger partial charge in [-0.1, -0.05) is 40.2 Å². The van der Waals surface area contributed by atoms with Gasteiger partial charge >= 0.3 is 0 Å². The van der Waals surface area contributed by atoms with Gasteiger partial charge < -0.3 is 5.32 Å². The topological polar surface area (TPSA) is 65.8 Å². The van der Waals surface area contributed by atoms with Crippen molar-refractivity contribution >= 4 is 21.8 Å². The van der Waals surface area contributed by atoms with Gasteiger partial charge in [-0.2, -0.15) is 5.26 Å². The second kappa shape index (κ2) is 6.83. The van der Waals surface area contributed by atoms with Crippen LogP contribution in [0.25, 0.3) is 0 Å². The fraction of sp³-hybridized carbons (Fsp3) is 0.133. The third-order valence-electron chi connectivity index (χ3n) is 2.76. The van der Waals surface area contributed by atoms with Gasteiger partial charge in [-0.05, 0) is 23.3 Å². The van der Waals surface area contributed by atoms with Gasteiger partial charge in [0.1, 0.15) is 11.8 Å². The molecule has 1 N–H and O–H groups in total. The molecule has 0 spiro atoms. The van der Waals surface area contributed by atoms with Gasteiger partial charge in [0.25, 0.3) is 5.91 Å². The molecule has 2 aromatic rings. The molecule has 0 bridgehead atoms. The number of pyridine rings is 1. The van der Waals surface area contributed by atoms with E-state index < -0.39 is 0 Å². The van der Waals surface area contributed by atoms with E-state index in [1.54, 1.807) is 12.1 Å². The number of hydrogen-bond acceptors (Lipinski definition) is 3. The molecule has 20 heavy (non-hydrogen) atoms. The summed E-state index contributed by atoms with van der Waals surface area (Å²) in [5, 5.41) is 12.3. The summed E-state index contributed by atoms with van der Waals surface area (Å²) < 4.78 is 0. The lowest BCUT2D eigenvalue weighted by atomic mass is 10.1. The molecule has 0 aliphatic heterocycles. The van der Waals surface area contributed by atoms with Crippen molar-refractivity contribution in [2.75, 3.05) is 0 Å². The highest BCUT2D eigenvalue weighted by atomic mass is 79.9. The number of alkyl halides is 1. The van der Waals surface area contributed by atoms with E-state index in [0.717, 1.165) is 10.9 Å². The van der Waals surface area contributed by atoms with Crippen LogP contribution >= 0.6 is 15.9 Å². The van der Waals surface area contributed by atoms with Gasteiger partial charge in [-0.25, -0.2) is 4.98 Å². The zero-order chi connectivity index (χ0) is 14.4. The van der Waals surface area contributed by atoms with Crippen LogP contribution in [0.1, 0.15) is 27.2 Å². The lowest BCUT2D eigenvalue weighted by Crippen LogP contribution is -2.23. The second-order valence-corrected chi connectivity index (χ2v) is 4.74. The van der Waals surface area contributed by atoms with Crippen LogP contribution in [-0.2, 0) is 11.9 Å². The molecular weight excluding hydrogens is 318 g/mol. The Bertz CT molecular complexity index is 630. The molecule has 1 amide bonds. The molecule has 0 aliphatic rings. The van der Waals surface area contributed by atoms with Crippen LogP contribution in [0.15, 0.2) is 42.6 Å². The molecule has 0 atom stereocenters. The number of carbonyl (C=O) groups is 1. The predicted octanol–water partition coefficient (Wildman–Crippen LogP) is 2.78. The smallest absolute Gasteiger partial charge is 0.270 e. The van der Waals surface area contributed by atoms with E-state index in [9.17, 15) is 4.79 Å². The van der Waals surface area contributed by atoms with Crippen molar-refractivity contribution < 1.29 is 4.79 Å². The van der Waals surface area contributed by atoms with Crippen LogP contribution in [-0.4, -0.2) is 10.9 Å². The number of halogens is 1. The third-order valence-corrected chi connectivity index (χ3v) is 3.40. The van der Waals surface area contributed by atoms with E-state index >= 15 is 0 Å². The van der Waals surface area contributed by atoms with Crippen molar-refractivity contribution in [2.45, 2.75) is 11.9 Å². The molecule has 4 nitrogen and oxygen atoms in total. The largest absolute Gasteiger partial charge is 0.347 e. The number of aromatic nitrogens is 1. The maximum absolute atomic E-state index is 11.9. The molecule has 1 heterocycles. The van der Waals surface area contributed by atoms with Gasteiger partial charge in [0.2, 0.25) is 0 Å². The van der Waals surface area contributed by atoms with Gasteiger partial charge in [0, 0.05) is 18.1 Å². The average molecular weight is 330 g/mol. The van der Waals surface area contributed by atoms with E-state index in [0.29, 0.717) is 17.8 Å². The molecule has 1 aromatic carbocycles.